The standard InChI is InChI=1S/C11H12N2O2S/c12-5-8-1-3-9(4-2-8)6-16-7-10(13)11(14)15/h1-4,10H,6-7,13H2,(H,14,15). The first-order valence-corrected chi connectivity index (χ1v) is 5.84. The largest absolute Gasteiger partial charge is 0.480 e. The van der Waals surface area contributed by atoms with E-state index < -0.39 is 12.0 Å². The molecule has 0 aliphatic carbocycles. The lowest BCUT2D eigenvalue weighted by Crippen LogP contribution is -2.32. The van der Waals surface area contributed by atoms with Crippen molar-refractivity contribution in [2.45, 2.75) is 11.8 Å². The number of hydrogen-bond acceptors (Lipinski definition) is 4. The molecule has 16 heavy (non-hydrogen) atoms. The minimum Gasteiger partial charge on any atom is -0.480 e. The minimum absolute atomic E-state index is 0.384. The molecule has 4 nitrogen and oxygen atoms in total. The molecule has 1 atom stereocenters. The summed E-state index contributed by atoms with van der Waals surface area (Å²) in [6, 6.07) is 8.43. The molecule has 0 saturated carbocycles. The topological polar surface area (TPSA) is 87.1 Å². The number of hydrogen-bond donors (Lipinski definition) is 2. The smallest absolute Gasteiger partial charge is 0.321 e. The van der Waals surface area contributed by atoms with E-state index in [1.165, 1.54) is 11.8 Å². The summed E-state index contributed by atoms with van der Waals surface area (Å²) in [5, 5.41) is 17.2. The number of rotatable bonds is 5. The third-order valence-electron chi connectivity index (χ3n) is 1.97. The predicted octanol–water partition coefficient (Wildman–Crippen LogP) is 1.20. The fourth-order valence-corrected chi connectivity index (χ4v) is 1.99. The molecule has 5 heteroatoms. The Hall–Kier alpha value is -1.51. The number of nitriles is 1. The number of benzene rings is 1. The Labute approximate surface area is 98.1 Å². The number of nitrogens with zero attached hydrogens (tertiary/aromatic N) is 1. The summed E-state index contributed by atoms with van der Waals surface area (Å²) >= 11 is 1.47. The van der Waals surface area contributed by atoms with Crippen LogP contribution in [0.15, 0.2) is 24.3 Å². The molecule has 1 rings (SSSR count). The van der Waals surface area contributed by atoms with Crippen LogP contribution in [0.1, 0.15) is 11.1 Å². The van der Waals surface area contributed by atoms with E-state index in [-0.39, 0.29) is 0 Å². The van der Waals surface area contributed by atoms with E-state index in [1.54, 1.807) is 12.1 Å². The fraction of sp³-hybridized carbons (Fsp3) is 0.273. The lowest BCUT2D eigenvalue weighted by atomic mass is 10.2. The van der Waals surface area contributed by atoms with Crippen molar-refractivity contribution in [1.29, 1.82) is 5.26 Å². The maximum Gasteiger partial charge on any atom is 0.321 e. The van der Waals surface area contributed by atoms with Gasteiger partial charge in [-0.25, -0.2) is 0 Å². The molecular weight excluding hydrogens is 224 g/mol. The quantitative estimate of drug-likeness (QED) is 0.802. The molecule has 84 valence electrons. The lowest BCUT2D eigenvalue weighted by Gasteiger charge is -2.05. The van der Waals surface area contributed by atoms with Gasteiger partial charge in [-0.2, -0.15) is 17.0 Å². The average Bonchev–Trinajstić information content (AvgIpc) is 2.29. The Morgan fingerprint density at radius 3 is 2.62 bits per heavy atom. The molecule has 0 aliphatic heterocycles. The number of carbonyl (C=O) groups is 1. The van der Waals surface area contributed by atoms with Crippen molar-refractivity contribution < 1.29 is 9.90 Å². The highest BCUT2D eigenvalue weighted by Gasteiger charge is 2.10. The average molecular weight is 236 g/mol. The molecule has 1 aromatic carbocycles. The van der Waals surface area contributed by atoms with E-state index in [0.717, 1.165) is 5.56 Å². The van der Waals surface area contributed by atoms with Crippen LogP contribution in [-0.2, 0) is 10.5 Å². The van der Waals surface area contributed by atoms with Gasteiger partial charge in [-0.1, -0.05) is 12.1 Å². The summed E-state index contributed by atoms with van der Waals surface area (Å²) in [4.78, 5) is 10.5. The summed E-state index contributed by atoms with van der Waals surface area (Å²) in [6.07, 6.45) is 0. The second kappa shape index (κ2) is 6.16. The first kappa shape index (κ1) is 12.6. The monoisotopic (exact) mass is 236 g/mol. The molecule has 0 heterocycles. The second-order valence-corrected chi connectivity index (χ2v) is 4.30. The van der Waals surface area contributed by atoms with Crippen LogP contribution >= 0.6 is 11.8 Å². The molecule has 0 aromatic heterocycles. The highest BCUT2D eigenvalue weighted by atomic mass is 32.2. The molecule has 0 amide bonds. The van der Waals surface area contributed by atoms with E-state index >= 15 is 0 Å². The summed E-state index contributed by atoms with van der Waals surface area (Å²) in [6.45, 7) is 0. The molecule has 0 saturated heterocycles. The van der Waals surface area contributed by atoms with E-state index in [0.29, 0.717) is 17.1 Å². The Morgan fingerprint density at radius 1 is 1.50 bits per heavy atom. The van der Waals surface area contributed by atoms with Gasteiger partial charge in [-0.15, -0.1) is 0 Å². The Morgan fingerprint density at radius 2 is 2.12 bits per heavy atom. The Balaban J connectivity index is 2.38. The third-order valence-corrected chi connectivity index (χ3v) is 3.10. The molecule has 1 aromatic rings. The van der Waals surface area contributed by atoms with E-state index in [1.807, 2.05) is 18.2 Å². The van der Waals surface area contributed by atoms with Crippen LogP contribution in [0.5, 0.6) is 0 Å². The lowest BCUT2D eigenvalue weighted by molar-refractivity contribution is -0.137. The summed E-state index contributed by atoms with van der Waals surface area (Å²) in [7, 11) is 0. The van der Waals surface area contributed by atoms with Crippen molar-refractivity contribution >= 4 is 17.7 Å². The Kier molecular flexibility index (Phi) is 4.83. The first-order chi connectivity index (χ1) is 7.63. The first-order valence-electron chi connectivity index (χ1n) is 4.68. The third kappa shape index (κ3) is 3.93. The van der Waals surface area contributed by atoms with Gasteiger partial charge in [0.2, 0.25) is 0 Å². The Bertz CT molecular complexity index is 397. The molecule has 0 radical (unpaired) electrons. The molecule has 0 bridgehead atoms. The number of thioether (sulfide) groups is 1. The molecule has 1 unspecified atom stereocenters. The number of aliphatic carboxylic acids is 1. The van der Waals surface area contributed by atoms with Crippen molar-refractivity contribution in [2.24, 2.45) is 5.73 Å². The molecule has 3 N–H and O–H groups in total. The minimum atomic E-state index is -0.979. The zero-order valence-corrected chi connectivity index (χ0v) is 9.41. The maximum absolute atomic E-state index is 10.5. The van der Waals surface area contributed by atoms with Gasteiger partial charge in [0.1, 0.15) is 6.04 Å². The highest BCUT2D eigenvalue weighted by molar-refractivity contribution is 7.98. The number of carboxylic acid groups (broad SMARTS) is 1. The van der Waals surface area contributed by atoms with Gasteiger partial charge in [0.15, 0.2) is 0 Å². The molecule has 0 aliphatic rings. The van der Waals surface area contributed by atoms with Crippen molar-refractivity contribution in [2.75, 3.05) is 5.75 Å². The maximum atomic E-state index is 10.5. The van der Waals surface area contributed by atoms with Gasteiger partial charge in [0.25, 0.3) is 0 Å². The molecule has 0 fully saturated rings. The van der Waals surface area contributed by atoms with E-state index in [9.17, 15) is 4.79 Å². The summed E-state index contributed by atoms with van der Waals surface area (Å²) in [5.41, 5.74) is 7.04. The van der Waals surface area contributed by atoms with Crippen LogP contribution in [0.4, 0.5) is 0 Å². The van der Waals surface area contributed by atoms with Crippen molar-refractivity contribution in [3.63, 3.8) is 0 Å². The van der Waals surface area contributed by atoms with Crippen LogP contribution < -0.4 is 5.73 Å². The second-order valence-electron chi connectivity index (χ2n) is 3.27. The summed E-state index contributed by atoms with van der Waals surface area (Å²) < 4.78 is 0. The molecule has 0 spiro atoms. The highest BCUT2D eigenvalue weighted by Crippen LogP contribution is 2.13. The zero-order valence-electron chi connectivity index (χ0n) is 8.59. The summed E-state index contributed by atoms with van der Waals surface area (Å²) in [5.74, 6) is 0.106. The van der Waals surface area contributed by atoms with Crippen molar-refractivity contribution in [3.8, 4) is 6.07 Å². The van der Waals surface area contributed by atoms with Crippen molar-refractivity contribution in [1.82, 2.24) is 0 Å². The van der Waals surface area contributed by atoms with Crippen LogP contribution in [0.25, 0.3) is 0 Å². The van der Waals surface area contributed by atoms with Crippen LogP contribution in [0.3, 0.4) is 0 Å². The van der Waals surface area contributed by atoms with Gasteiger partial charge in [0, 0.05) is 11.5 Å². The fourth-order valence-electron chi connectivity index (χ4n) is 1.05. The van der Waals surface area contributed by atoms with Crippen LogP contribution in [0.2, 0.25) is 0 Å². The van der Waals surface area contributed by atoms with Crippen LogP contribution in [-0.4, -0.2) is 22.9 Å². The zero-order chi connectivity index (χ0) is 12.0. The van der Waals surface area contributed by atoms with Gasteiger partial charge in [-0.05, 0) is 17.7 Å². The normalized spacial score (nSPS) is 11.8. The van der Waals surface area contributed by atoms with E-state index in [4.69, 9.17) is 16.1 Å². The van der Waals surface area contributed by atoms with Gasteiger partial charge >= 0.3 is 5.97 Å². The predicted molar refractivity (Wildman–Crippen MR) is 62.9 cm³/mol. The van der Waals surface area contributed by atoms with Gasteiger partial charge in [0.05, 0.1) is 11.6 Å². The van der Waals surface area contributed by atoms with Gasteiger partial charge in [-0.3, -0.25) is 4.79 Å². The molecular formula is C11H12N2O2S. The van der Waals surface area contributed by atoms with Crippen LogP contribution in [0, 0.1) is 11.3 Å². The van der Waals surface area contributed by atoms with E-state index in [2.05, 4.69) is 0 Å². The SMILES string of the molecule is N#Cc1ccc(CSCC(N)C(=O)O)cc1. The van der Waals surface area contributed by atoms with Gasteiger partial charge < -0.3 is 10.8 Å². The number of carboxylic acids is 1. The van der Waals surface area contributed by atoms with Crippen molar-refractivity contribution in [3.05, 3.63) is 35.4 Å². The number of nitrogens with two attached hydrogens (primary N) is 1.